The van der Waals surface area contributed by atoms with Crippen LogP contribution in [-0.2, 0) is 17.9 Å². The first kappa shape index (κ1) is 21.8. The number of benzene rings is 2. The predicted octanol–water partition coefficient (Wildman–Crippen LogP) is 3.07. The lowest BCUT2D eigenvalue weighted by Gasteiger charge is -2.27. The summed E-state index contributed by atoms with van der Waals surface area (Å²) in [5.41, 5.74) is 2.80. The fraction of sp³-hybridized carbons (Fsp3) is 0.417. The van der Waals surface area contributed by atoms with E-state index in [1.165, 1.54) is 29.7 Å². The van der Waals surface area contributed by atoms with Crippen molar-refractivity contribution in [2.45, 2.75) is 32.4 Å². The molecule has 1 N–H and O–H groups in total. The van der Waals surface area contributed by atoms with E-state index in [-0.39, 0.29) is 18.4 Å². The minimum absolute atomic E-state index is 0.101. The van der Waals surface area contributed by atoms with Crippen LogP contribution < -0.4 is 10.1 Å². The summed E-state index contributed by atoms with van der Waals surface area (Å²) in [7, 11) is 3.34. The highest BCUT2D eigenvalue weighted by atomic mass is 16.5. The number of likely N-dealkylation sites (N-methyl/N-ethyl adjacent to an activating group) is 1. The second kappa shape index (κ2) is 10.8. The molecule has 6 nitrogen and oxygen atoms in total. The van der Waals surface area contributed by atoms with Gasteiger partial charge in [0, 0.05) is 27.2 Å². The molecule has 0 bridgehead atoms. The Hall–Kier alpha value is -2.86. The first-order chi connectivity index (χ1) is 14.5. The molecule has 160 valence electrons. The third-order valence-electron chi connectivity index (χ3n) is 5.38. The molecule has 6 heteroatoms. The molecule has 30 heavy (non-hydrogen) atoms. The highest BCUT2D eigenvalue weighted by molar-refractivity contribution is 5.97. The standard InChI is InChI=1S/C24H31N3O3/c1-26(2)23(28)18-30-22-13-7-6-12-21(22)24(29)25-16-19-10-4-5-11-20(19)17-27-14-8-3-9-15-27/h4-7,10-13H,3,8-9,14-18H2,1-2H3,(H,25,29). The molecular formula is C24H31N3O3. The number of carbonyl (C=O) groups excluding carboxylic acids is 2. The maximum absolute atomic E-state index is 12.8. The molecule has 0 aliphatic carbocycles. The zero-order chi connectivity index (χ0) is 21.3. The first-order valence-electron chi connectivity index (χ1n) is 10.5. The van der Waals surface area contributed by atoms with Gasteiger partial charge in [-0.15, -0.1) is 0 Å². The van der Waals surface area contributed by atoms with Crippen molar-refractivity contribution >= 4 is 11.8 Å². The highest BCUT2D eigenvalue weighted by Crippen LogP contribution is 2.19. The molecule has 3 rings (SSSR count). The zero-order valence-electron chi connectivity index (χ0n) is 17.9. The summed E-state index contributed by atoms with van der Waals surface area (Å²) in [4.78, 5) is 28.6. The number of hydrogen-bond donors (Lipinski definition) is 1. The van der Waals surface area contributed by atoms with E-state index < -0.39 is 0 Å². The highest BCUT2D eigenvalue weighted by Gasteiger charge is 2.16. The van der Waals surface area contributed by atoms with E-state index in [1.807, 2.05) is 6.07 Å². The van der Waals surface area contributed by atoms with Crippen LogP contribution in [0, 0.1) is 0 Å². The second-order valence-corrected chi connectivity index (χ2v) is 7.86. The number of nitrogens with one attached hydrogen (secondary N) is 1. The average molecular weight is 410 g/mol. The summed E-state index contributed by atoms with van der Waals surface area (Å²) < 4.78 is 5.60. The summed E-state index contributed by atoms with van der Waals surface area (Å²) >= 11 is 0. The maximum Gasteiger partial charge on any atom is 0.259 e. The molecule has 0 unspecified atom stereocenters. The Morgan fingerprint density at radius 3 is 2.37 bits per heavy atom. The van der Waals surface area contributed by atoms with E-state index in [4.69, 9.17) is 4.74 Å². The molecule has 1 saturated heterocycles. The summed E-state index contributed by atoms with van der Waals surface area (Å²) in [6.07, 6.45) is 3.83. The lowest BCUT2D eigenvalue weighted by Crippen LogP contribution is -2.30. The maximum atomic E-state index is 12.8. The van der Waals surface area contributed by atoms with Gasteiger partial charge in [0.15, 0.2) is 6.61 Å². The van der Waals surface area contributed by atoms with E-state index in [9.17, 15) is 9.59 Å². The van der Waals surface area contributed by atoms with Crippen LogP contribution in [0.3, 0.4) is 0 Å². The molecule has 1 aliphatic rings. The topological polar surface area (TPSA) is 61.9 Å². The molecule has 1 fully saturated rings. The number of piperidine rings is 1. The van der Waals surface area contributed by atoms with E-state index in [1.54, 1.807) is 38.4 Å². The SMILES string of the molecule is CN(C)C(=O)COc1ccccc1C(=O)NCc1ccccc1CN1CCCCC1. The van der Waals surface area contributed by atoms with Crippen LogP contribution in [0.2, 0.25) is 0 Å². The molecule has 1 heterocycles. The number of rotatable bonds is 8. The quantitative estimate of drug-likeness (QED) is 0.728. The van der Waals surface area contributed by atoms with Crippen LogP contribution >= 0.6 is 0 Å². The van der Waals surface area contributed by atoms with Crippen molar-refractivity contribution in [2.75, 3.05) is 33.8 Å². The third-order valence-corrected chi connectivity index (χ3v) is 5.38. The molecular weight excluding hydrogens is 378 g/mol. The molecule has 2 aromatic rings. The number of hydrogen-bond acceptors (Lipinski definition) is 4. The zero-order valence-corrected chi connectivity index (χ0v) is 17.9. The van der Waals surface area contributed by atoms with Crippen molar-refractivity contribution in [3.8, 4) is 5.75 Å². The normalized spacial score (nSPS) is 14.2. The van der Waals surface area contributed by atoms with Gasteiger partial charge >= 0.3 is 0 Å². The number of likely N-dealkylation sites (tertiary alicyclic amines) is 1. The second-order valence-electron chi connectivity index (χ2n) is 7.86. The van der Waals surface area contributed by atoms with Crippen molar-refractivity contribution in [1.29, 1.82) is 0 Å². The van der Waals surface area contributed by atoms with Gasteiger partial charge in [-0.25, -0.2) is 0 Å². The molecule has 0 saturated carbocycles. The van der Waals surface area contributed by atoms with Crippen LogP contribution in [0.5, 0.6) is 5.75 Å². The summed E-state index contributed by atoms with van der Waals surface area (Å²) in [6.45, 7) is 3.54. The fourth-order valence-electron chi connectivity index (χ4n) is 3.56. The van der Waals surface area contributed by atoms with Crippen LogP contribution in [0.1, 0.15) is 40.7 Å². The Morgan fingerprint density at radius 1 is 0.967 bits per heavy atom. The number of amides is 2. The number of carbonyl (C=O) groups is 2. The van der Waals surface area contributed by atoms with Crippen LogP contribution in [0.25, 0.3) is 0 Å². The molecule has 0 aromatic heterocycles. The largest absolute Gasteiger partial charge is 0.483 e. The lowest BCUT2D eigenvalue weighted by molar-refractivity contribution is -0.130. The van der Waals surface area contributed by atoms with Gasteiger partial charge in [0.1, 0.15) is 5.75 Å². The number of ether oxygens (including phenoxy) is 1. The fourth-order valence-corrected chi connectivity index (χ4v) is 3.56. The van der Waals surface area contributed by atoms with Gasteiger partial charge in [0.2, 0.25) is 0 Å². The Morgan fingerprint density at radius 2 is 1.63 bits per heavy atom. The van der Waals surface area contributed by atoms with Crippen LogP contribution in [0.15, 0.2) is 48.5 Å². The van der Waals surface area contributed by atoms with Gasteiger partial charge in [-0.3, -0.25) is 14.5 Å². The molecule has 1 aliphatic heterocycles. The molecule has 0 spiro atoms. The Bertz CT molecular complexity index is 860. The van der Waals surface area contributed by atoms with Crippen LogP contribution in [0.4, 0.5) is 0 Å². The average Bonchev–Trinajstić information content (AvgIpc) is 2.77. The molecule has 2 aromatic carbocycles. The predicted molar refractivity (Wildman–Crippen MR) is 117 cm³/mol. The van der Waals surface area contributed by atoms with Crippen molar-refractivity contribution in [3.05, 3.63) is 65.2 Å². The van der Waals surface area contributed by atoms with Gasteiger partial charge in [0.25, 0.3) is 11.8 Å². The van der Waals surface area contributed by atoms with E-state index in [0.29, 0.717) is 17.9 Å². The monoisotopic (exact) mass is 409 g/mol. The molecule has 2 amide bonds. The Labute approximate surface area is 178 Å². The molecule has 0 atom stereocenters. The third kappa shape index (κ3) is 6.07. The first-order valence-corrected chi connectivity index (χ1v) is 10.5. The lowest BCUT2D eigenvalue weighted by atomic mass is 10.0. The minimum Gasteiger partial charge on any atom is -0.483 e. The Balaban J connectivity index is 1.63. The van der Waals surface area contributed by atoms with Crippen molar-refractivity contribution in [3.63, 3.8) is 0 Å². The van der Waals surface area contributed by atoms with Gasteiger partial charge in [0.05, 0.1) is 5.56 Å². The van der Waals surface area contributed by atoms with Crippen molar-refractivity contribution < 1.29 is 14.3 Å². The smallest absolute Gasteiger partial charge is 0.259 e. The molecule has 0 radical (unpaired) electrons. The van der Waals surface area contributed by atoms with E-state index in [0.717, 1.165) is 25.2 Å². The van der Waals surface area contributed by atoms with E-state index >= 15 is 0 Å². The summed E-state index contributed by atoms with van der Waals surface area (Å²) in [5.74, 6) is 0.0410. The van der Waals surface area contributed by atoms with Crippen molar-refractivity contribution in [1.82, 2.24) is 15.1 Å². The number of nitrogens with zero attached hydrogens (tertiary/aromatic N) is 2. The van der Waals surface area contributed by atoms with Crippen LogP contribution in [-0.4, -0.2) is 55.4 Å². The van der Waals surface area contributed by atoms with Gasteiger partial charge in [-0.05, 0) is 49.2 Å². The van der Waals surface area contributed by atoms with Gasteiger partial charge in [-0.1, -0.05) is 42.8 Å². The summed E-state index contributed by atoms with van der Waals surface area (Å²) in [6, 6.07) is 15.3. The van der Waals surface area contributed by atoms with Gasteiger partial charge in [-0.2, -0.15) is 0 Å². The summed E-state index contributed by atoms with van der Waals surface area (Å²) in [5, 5.41) is 3.01. The Kier molecular flexibility index (Phi) is 7.85. The minimum atomic E-state index is -0.212. The van der Waals surface area contributed by atoms with Gasteiger partial charge < -0.3 is 15.0 Å². The van der Waals surface area contributed by atoms with E-state index in [2.05, 4.69) is 28.4 Å². The van der Waals surface area contributed by atoms with Crippen molar-refractivity contribution in [2.24, 2.45) is 0 Å². The number of para-hydroxylation sites is 1.